The molecule has 1 heterocycles. The molecule has 0 saturated carbocycles. The van der Waals surface area contributed by atoms with E-state index in [1.54, 1.807) is 12.1 Å². The van der Waals surface area contributed by atoms with Crippen LogP contribution in [0.25, 0.3) is 11.0 Å². The van der Waals surface area contributed by atoms with Crippen LogP contribution in [0, 0.1) is 9.39 Å². The predicted molar refractivity (Wildman–Crippen MR) is 94.4 cm³/mol. The number of imidazole rings is 1. The van der Waals surface area contributed by atoms with E-state index in [0.29, 0.717) is 9.61 Å². The van der Waals surface area contributed by atoms with Gasteiger partial charge in [-0.1, -0.05) is 0 Å². The molecule has 0 aliphatic rings. The standard InChI is InChI=1S/C15H20ClFIN3/c1-9(2)20(4)5-6-21-14-7-11(17)12(18)8-13(14)19-15(21)10(3)16/h7-10H,5-6H2,1-4H3. The molecule has 2 aromatic rings. The van der Waals surface area contributed by atoms with Crippen molar-refractivity contribution in [3.05, 3.63) is 27.3 Å². The second-order valence-electron chi connectivity index (χ2n) is 5.57. The second kappa shape index (κ2) is 6.79. The summed E-state index contributed by atoms with van der Waals surface area (Å²) in [6.07, 6.45) is 0. The maximum atomic E-state index is 13.9. The van der Waals surface area contributed by atoms with Gasteiger partial charge in [-0.3, -0.25) is 0 Å². The van der Waals surface area contributed by atoms with Crippen molar-refractivity contribution in [3.8, 4) is 0 Å². The zero-order valence-electron chi connectivity index (χ0n) is 12.7. The fourth-order valence-electron chi connectivity index (χ4n) is 2.19. The van der Waals surface area contributed by atoms with Crippen LogP contribution in [0.2, 0.25) is 0 Å². The third kappa shape index (κ3) is 3.68. The first kappa shape index (κ1) is 17.0. The predicted octanol–water partition coefficient (Wildman–Crippen LogP) is 4.42. The number of halogens is 3. The SMILES string of the molecule is CC(Cl)c1nc2cc(I)c(F)cc2n1CCN(C)C(C)C. The molecule has 1 aromatic heterocycles. The quantitative estimate of drug-likeness (QED) is 0.524. The zero-order chi connectivity index (χ0) is 15.7. The van der Waals surface area contributed by atoms with E-state index in [1.165, 1.54) is 0 Å². The van der Waals surface area contributed by atoms with E-state index in [1.807, 2.05) is 34.1 Å². The van der Waals surface area contributed by atoms with Gasteiger partial charge in [-0.25, -0.2) is 9.37 Å². The van der Waals surface area contributed by atoms with Gasteiger partial charge < -0.3 is 9.47 Å². The molecule has 0 spiro atoms. The third-order valence-electron chi connectivity index (χ3n) is 3.73. The number of nitrogens with zero attached hydrogens (tertiary/aromatic N) is 3. The van der Waals surface area contributed by atoms with E-state index >= 15 is 0 Å². The van der Waals surface area contributed by atoms with Crippen molar-refractivity contribution < 1.29 is 4.39 Å². The van der Waals surface area contributed by atoms with Gasteiger partial charge in [0, 0.05) is 25.2 Å². The summed E-state index contributed by atoms with van der Waals surface area (Å²) in [7, 11) is 2.08. The number of benzene rings is 1. The van der Waals surface area contributed by atoms with Crippen LogP contribution in [-0.4, -0.2) is 34.1 Å². The maximum absolute atomic E-state index is 13.9. The Balaban J connectivity index is 2.43. The minimum absolute atomic E-state index is 0.206. The van der Waals surface area contributed by atoms with Gasteiger partial charge in [-0.15, -0.1) is 11.6 Å². The first-order valence-electron chi connectivity index (χ1n) is 7.00. The third-order valence-corrected chi connectivity index (χ3v) is 4.76. The maximum Gasteiger partial charge on any atom is 0.138 e. The van der Waals surface area contributed by atoms with Crippen LogP contribution in [0.1, 0.15) is 32.0 Å². The Bertz CT molecular complexity index is 639. The largest absolute Gasteiger partial charge is 0.325 e. The highest BCUT2D eigenvalue weighted by molar-refractivity contribution is 14.1. The molecule has 1 atom stereocenters. The molecule has 1 aromatic carbocycles. The lowest BCUT2D eigenvalue weighted by atomic mass is 10.3. The van der Waals surface area contributed by atoms with Crippen molar-refractivity contribution in [2.24, 2.45) is 0 Å². The van der Waals surface area contributed by atoms with E-state index in [2.05, 4.69) is 30.8 Å². The minimum Gasteiger partial charge on any atom is -0.325 e. The normalized spacial score (nSPS) is 13.6. The second-order valence-corrected chi connectivity index (χ2v) is 7.38. The minimum atomic E-state index is -0.213. The molecular weight excluding hydrogens is 404 g/mol. The monoisotopic (exact) mass is 423 g/mol. The Kier molecular flexibility index (Phi) is 5.48. The van der Waals surface area contributed by atoms with Crippen LogP contribution in [0.15, 0.2) is 12.1 Å². The first-order valence-corrected chi connectivity index (χ1v) is 8.52. The molecule has 0 bridgehead atoms. The summed E-state index contributed by atoms with van der Waals surface area (Å²) in [6, 6.07) is 3.80. The van der Waals surface area contributed by atoms with Crippen LogP contribution >= 0.6 is 34.2 Å². The molecule has 0 N–H and O–H groups in total. The van der Waals surface area contributed by atoms with Crippen molar-refractivity contribution in [2.45, 2.75) is 38.7 Å². The Morgan fingerprint density at radius 1 is 1.38 bits per heavy atom. The van der Waals surface area contributed by atoms with Crippen molar-refractivity contribution in [3.63, 3.8) is 0 Å². The van der Waals surface area contributed by atoms with E-state index in [9.17, 15) is 4.39 Å². The summed E-state index contributed by atoms with van der Waals surface area (Å²) in [5.41, 5.74) is 1.61. The Labute approximate surface area is 143 Å². The van der Waals surface area contributed by atoms with Gasteiger partial charge in [0.1, 0.15) is 11.6 Å². The molecule has 0 aliphatic carbocycles. The zero-order valence-corrected chi connectivity index (χ0v) is 15.6. The fraction of sp³-hybridized carbons (Fsp3) is 0.533. The van der Waals surface area contributed by atoms with Gasteiger partial charge in [-0.05, 0) is 56.5 Å². The number of fused-ring (bicyclic) bond motifs is 1. The number of likely N-dealkylation sites (N-methyl/N-ethyl adjacent to an activating group) is 1. The molecule has 0 amide bonds. The average molecular weight is 424 g/mol. The summed E-state index contributed by atoms with van der Waals surface area (Å²) >= 11 is 8.23. The molecule has 3 nitrogen and oxygen atoms in total. The van der Waals surface area contributed by atoms with Gasteiger partial charge in [-0.2, -0.15) is 0 Å². The fourth-order valence-corrected chi connectivity index (χ4v) is 2.81. The molecular formula is C15H20ClFIN3. The number of aromatic nitrogens is 2. The van der Waals surface area contributed by atoms with Gasteiger partial charge in [0.2, 0.25) is 0 Å². The molecule has 6 heteroatoms. The summed E-state index contributed by atoms with van der Waals surface area (Å²) in [4.78, 5) is 6.83. The summed E-state index contributed by atoms with van der Waals surface area (Å²) in [6.45, 7) is 7.82. The lowest BCUT2D eigenvalue weighted by molar-refractivity contribution is 0.263. The van der Waals surface area contributed by atoms with Crippen LogP contribution in [-0.2, 0) is 6.54 Å². The number of rotatable bonds is 5. The van der Waals surface area contributed by atoms with Crippen LogP contribution < -0.4 is 0 Å². The number of hydrogen-bond donors (Lipinski definition) is 0. The first-order chi connectivity index (χ1) is 9.81. The number of alkyl halides is 1. The molecule has 2 rings (SSSR count). The topological polar surface area (TPSA) is 21.1 Å². The van der Waals surface area contributed by atoms with Crippen molar-refractivity contribution >= 4 is 45.2 Å². The molecule has 0 fully saturated rings. The molecule has 0 aliphatic heterocycles. The molecule has 0 radical (unpaired) electrons. The lowest BCUT2D eigenvalue weighted by Crippen LogP contribution is -2.30. The Morgan fingerprint density at radius 3 is 2.62 bits per heavy atom. The van der Waals surface area contributed by atoms with Gasteiger partial charge in [0.25, 0.3) is 0 Å². The van der Waals surface area contributed by atoms with Gasteiger partial charge in [0.05, 0.1) is 20.0 Å². The Morgan fingerprint density at radius 2 is 2.05 bits per heavy atom. The average Bonchev–Trinajstić information content (AvgIpc) is 2.74. The molecule has 0 saturated heterocycles. The van der Waals surface area contributed by atoms with Crippen molar-refractivity contribution in [1.82, 2.24) is 14.5 Å². The summed E-state index contributed by atoms with van der Waals surface area (Å²) in [5, 5.41) is -0.206. The van der Waals surface area contributed by atoms with Gasteiger partial charge >= 0.3 is 0 Å². The van der Waals surface area contributed by atoms with Crippen molar-refractivity contribution in [2.75, 3.05) is 13.6 Å². The number of hydrogen-bond acceptors (Lipinski definition) is 2. The Hall–Kier alpha value is -0.400. The highest BCUT2D eigenvalue weighted by Crippen LogP contribution is 2.27. The highest BCUT2D eigenvalue weighted by Gasteiger charge is 2.17. The lowest BCUT2D eigenvalue weighted by Gasteiger charge is -2.22. The van der Waals surface area contributed by atoms with E-state index in [0.717, 1.165) is 29.9 Å². The van der Waals surface area contributed by atoms with Crippen LogP contribution in [0.5, 0.6) is 0 Å². The van der Waals surface area contributed by atoms with E-state index in [-0.39, 0.29) is 11.2 Å². The summed E-state index contributed by atoms with van der Waals surface area (Å²) in [5.74, 6) is 0.584. The van der Waals surface area contributed by atoms with Crippen LogP contribution in [0.3, 0.4) is 0 Å². The molecule has 1 unspecified atom stereocenters. The van der Waals surface area contributed by atoms with E-state index < -0.39 is 0 Å². The molecule has 116 valence electrons. The van der Waals surface area contributed by atoms with Gasteiger partial charge in [0.15, 0.2) is 0 Å². The van der Waals surface area contributed by atoms with Crippen molar-refractivity contribution in [1.29, 1.82) is 0 Å². The molecule has 21 heavy (non-hydrogen) atoms. The van der Waals surface area contributed by atoms with Crippen LogP contribution in [0.4, 0.5) is 4.39 Å². The smallest absolute Gasteiger partial charge is 0.138 e. The van der Waals surface area contributed by atoms with E-state index in [4.69, 9.17) is 11.6 Å². The summed E-state index contributed by atoms with van der Waals surface area (Å²) < 4.78 is 16.5. The highest BCUT2D eigenvalue weighted by atomic mass is 127.